The number of hydrogen-bond donors (Lipinski definition) is 2. The van der Waals surface area contributed by atoms with E-state index in [4.69, 9.17) is 0 Å². The van der Waals surface area contributed by atoms with E-state index < -0.39 is 30.6 Å². The smallest absolute Gasteiger partial charge is 0.269 e. The third-order valence-corrected chi connectivity index (χ3v) is 3.94. The number of carbonyl (C=O) groups is 2. The highest BCUT2D eigenvalue weighted by molar-refractivity contribution is 6.02. The predicted molar refractivity (Wildman–Crippen MR) is 83.0 cm³/mol. The number of nitrogens with zero attached hydrogens (tertiary/aromatic N) is 2. The number of rotatable bonds is 6. The molecule has 0 aliphatic carbocycles. The Morgan fingerprint density at radius 3 is 2.92 bits per heavy atom. The molecule has 2 amide bonds. The van der Waals surface area contributed by atoms with E-state index in [1.165, 1.54) is 30.5 Å². The number of benzene rings is 1. The second kappa shape index (κ2) is 6.96. The summed E-state index contributed by atoms with van der Waals surface area (Å²) in [4.78, 5) is 24.1. The highest BCUT2D eigenvalue weighted by Gasteiger charge is 2.30. The number of aromatic nitrogens is 2. The number of fused-ring (bicyclic) bond motifs is 1. The van der Waals surface area contributed by atoms with Gasteiger partial charge in [0.25, 0.3) is 12.3 Å². The molecule has 0 saturated heterocycles. The lowest BCUT2D eigenvalue weighted by atomic mass is 9.97. The molecule has 2 N–H and O–H groups in total. The highest BCUT2D eigenvalue weighted by Crippen LogP contribution is 2.34. The average molecular weight is 352 g/mol. The maximum absolute atomic E-state index is 13.4. The molecule has 2 heterocycles. The van der Waals surface area contributed by atoms with Gasteiger partial charge in [-0.25, -0.2) is 13.2 Å². The van der Waals surface area contributed by atoms with Crippen LogP contribution in [0.1, 0.15) is 28.4 Å². The zero-order chi connectivity index (χ0) is 18.0. The van der Waals surface area contributed by atoms with Gasteiger partial charge in [0.05, 0.1) is 5.92 Å². The van der Waals surface area contributed by atoms with Gasteiger partial charge in [-0.2, -0.15) is 5.10 Å². The zero-order valence-electron chi connectivity index (χ0n) is 13.0. The minimum Gasteiger partial charge on any atom is -0.351 e. The molecule has 2 aromatic rings. The summed E-state index contributed by atoms with van der Waals surface area (Å²) in [5.74, 6) is -1.84. The molecule has 0 spiro atoms. The molecule has 0 fully saturated rings. The third-order valence-electron chi connectivity index (χ3n) is 3.94. The van der Waals surface area contributed by atoms with E-state index in [-0.39, 0.29) is 24.6 Å². The van der Waals surface area contributed by atoms with Gasteiger partial charge in [0.1, 0.15) is 18.1 Å². The summed E-state index contributed by atoms with van der Waals surface area (Å²) in [5, 5.41) is 8.91. The van der Waals surface area contributed by atoms with Crippen molar-refractivity contribution in [3.63, 3.8) is 0 Å². The van der Waals surface area contributed by atoms with Gasteiger partial charge in [-0.1, -0.05) is 0 Å². The lowest BCUT2D eigenvalue weighted by Crippen LogP contribution is -2.29. The summed E-state index contributed by atoms with van der Waals surface area (Å²) >= 11 is 0. The Hall–Kier alpha value is -2.84. The molecular weight excluding hydrogens is 337 g/mol. The summed E-state index contributed by atoms with van der Waals surface area (Å²) in [6.07, 6.45) is -1.10. The van der Waals surface area contributed by atoms with Crippen molar-refractivity contribution in [2.45, 2.75) is 25.3 Å². The molecule has 132 valence electrons. The minimum absolute atomic E-state index is 0.0163. The topological polar surface area (TPSA) is 76.0 Å². The lowest BCUT2D eigenvalue weighted by molar-refractivity contribution is -0.117. The molecule has 1 aliphatic heterocycles. The van der Waals surface area contributed by atoms with Crippen LogP contribution in [-0.4, -0.2) is 34.6 Å². The second-order valence-corrected chi connectivity index (χ2v) is 5.61. The van der Waals surface area contributed by atoms with Gasteiger partial charge in [0.15, 0.2) is 0 Å². The first-order valence-corrected chi connectivity index (χ1v) is 7.64. The number of alkyl halides is 2. The fraction of sp³-hybridized carbons (Fsp3) is 0.312. The molecule has 1 aliphatic rings. The highest BCUT2D eigenvalue weighted by atomic mass is 19.3. The molecule has 1 aromatic carbocycles. The first kappa shape index (κ1) is 17.0. The van der Waals surface area contributed by atoms with Crippen LogP contribution in [-0.2, 0) is 11.3 Å². The van der Waals surface area contributed by atoms with Gasteiger partial charge < -0.3 is 10.6 Å². The van der Waals surface area contributed by atoms with E-state index in [0.29, 0.717) is 11.3 Å². The van der Waals surface area contributed by atoms with Crippen LogP contribution in [0.15, 0.2) is 30.5 Å². The molecule has 25 heavy (non-hydrogen) atoms. The molecule has 6 nitrogen and oxygen atoms in total. The molecule has 0 saturated carbocycles. The number of amides is 2. The Balaban J connectivity index is 1.60. The van der Waals surface area contributed by atoms with Crippen LogP contribution in [0.2, 0.25) is 0 Å². The Morgan fingerprint density at radius 1 is 1.36 bits per heavy atom. The first-order chi connectivity index (χ1) is 12.0. The quantitative estimate of drug-likeness (QED) is 0.836. The van der Waals surface area contributed by atoms with Crippen LogP contribution in [0.5, 0.6) is 0 Å². The van der Waals surface area contributed by atoms with Crippen LogP contribution in [0.3, 0.4) is 0 Å². The van der Waals surface area contributed by atoms with Crippen molar-refractivity contribution in [1.29, 1.82) is 0 Å². The summed E-state index contributed by atoms with van der Waals surface area (Å²) in [6.45, 7) is -0.541. The van der Waals surface area contributed by atoms with Gasteiger partial charge in [0.2, 0.25) is 5.91 Å². The largest absolute Gasteiger partial charge is 0.351 e. The van der Waals surface area contributed by atoms with Gasteiger partial charge in [-0.05, 0) is 36.2 Å². The summed E-state index contributed by atoms with van der Waals surface area (Å²) < 4.78 is 39.2. The Bertz CT molecular complexity index is 806. The maximum Gasteiger partial charge on any atom is 0.269 e. The number of halogens is 3. The van der Waals surface area contributed by atoms with Crippen molar-refractivity contribution < 1.29 is 22.8 Å². The number of nitrogens with one attached hydrogen (secondary N) is 2. The molecular formula is C16H15F3N4O2. The van der Waals surface area contributed by atoms with E-state index in [9.17, 15) is 22.8 Å². The van der Waals surface area contributed by atoms with Crippen molar-refractivity contribution in [1.82, 2.24) is 15.1 Å². The van der Waals surface area contributed by atoms with Gasteiger partial charge >= 0.3 is 0 Å². The summed E-state index contributed by atoms with van der Waals surface area (Å²) in [6, 6.07) is 5.37. The minimum atomic E-state index is -2.62. The molecule has 0 bridgehead atoms. The third kappa shape index (κ3) is 3.65. The van der Waals surface area contributed by atoms with E-state index in [2.05, 4.69) is 15.7 Å². The SMILES string of the molecule is O=C(NCCC1C(=O)Nc2ccc(F)cc21)c1ccnn1CC(F)F. The lowest BCUT2D eigenvalue weighted by Gasteiger charge is -2.11. The Kier molecular flexibility index (Phi) is 4.73. The normalized spacial score (nSPS) is 16.0. The molecule has 0 radical (unpaired) electrons. The second-order valence-electron chi connectivity index (χ2n) is 5.61. The monoisotopic (exact) mass is 352 g/mol. The predicted octanol–water partition coefficient (Wildman–Crippen LogP) is 2.14. The number of hydrogen-bond acceptors (Lipinski definition) is 3. The van der Waals surface area contributed by atoms with Crippen molar-refractivity contribution >= 4 is 17.5 Å². The van der Waals surface area contributed by atoms with Crippen LogP contribution in [0, 0.1) is 5.82 Å². The van der Waals surface area contributed by atoms with Gasteiger partial charge in [-0.3, -0.25) is 14.3 Å². The first-order valence-electron chi connectivity index (χ1n) is 7.64. The summed E-state index contributed by atoms with van der Waals surface area (Å²) in [7, 11) is 0. The Morgan fingerprint density at radius 2 is 2.16 bits per heavy atom. The van der Waals surface area contributed by atoms with E-state index >= 15 is 0 Å². The van der Waals surface area contributed by atoms with Crippen molar-refractivity contribution in [2.24, 2.45) is 0 Å². The zero-order valence-corrected chi connectivity index (χ0v) is 13.0. The molecule has 1 atom stereocenters. The average Bonchev–Trinajstić information content (AvgIpc) is 3.11. The fourth-order valence-corrected chi connectivity index (χ4v) is 2.81. The van der Waals surface area contributed by atoms with Crippen LogP contribution in [0.4, 0.5) is 18.9 Å². The molecule has 3 rings (SSSR count). The van der Waals surface area contributed by atoms with E-state index in [1.54, 1.807) is 0 Å². The fourth-order valence-electron chi connectivity index (χ4n) is 2.81. The van der Waals surface area contributed by atoms with E-state index in [1.807, 2.05) is 0 Å². The van der Waals surface area contributed by atoms with Crippen LogP contribution in [0.25, 0.3) is 0 Å². The van der Waals surface area contributed by atoms with Gasteiger partial charge in [0, 0.05) is 18.4 Å². The summed E-state index contributed by atoms with van der Waals surface area (Å²) in [5.41, 5.74) is 1.11. The van der Waals surface area contributed by atoms with Crippen molar-refractivity contribution in [3.05, 3.63) is 47.5 Å². The molecule has 9 heteroatoms. The van der Waals surface area contributed by atoms with E-state index in [0.717, 1.165) is 4.68 Å². The van der Waals surface area contributed by atoms with Crippen molar-refractivity contribution in [3.8, 4) is 0 Å². The van der Waals surface area contributed by atoms with Crippen molar-refractivity contribution in [2.75, 3.05) is 11.9 Å². The number of anilines is 1. The molecule has 1 unspecified atom stereocenters. The standard InChI is InChI=1S/C16H15F3N4O2/c17-9-1-2-12-11(7-9)10(15(24)22-12)3-5-20-16(25)13-4-6-21-23(13)8-14(18)19/h1-2,4,6-7,10,14H,3,5,8H2,(H,20,25)(H,22,24). The number of carbonyl (C=O) groups excluding carboxylic acids is 2. The van der Waals surface area contributed by atoms with Crippen LogP contribution < -0.4 is 10.6 Å². The Labute approximate surface area is 141 Å². The van der Waals surface area contributed by atoms with Crippen LogP contribution >= 0.6 is 0 Å². The van der Waals surface area contributed by atoms with Gasteiger partial charge in [-0.15, -0.1) is 0 Å². The molecule has 1 aromatic heterocycles. The maximum atomic E-state index is 13.4.